The molecule has 4 heteroatoms. The summed E-state index contributed by atoms with van der Waals surface area (Å²) in [6, 6.07) is 9.67. The number of benzene rings is 1. The molecule has 0 bridgehead atoms. The van der Waals surface area contributed by atoms with E-state index in [2.05, 4.69) is 0 Å². The van der Waals surface area contributed by atoms with E-state index in [-0.39, 0.29) is 6.61 Å². The first-order valence-electron chi connectivity index (χ1n) is 6.33. The summed E-state index contributed by atoms with van der Waals surface area (Å²) in [6.45, 7) is 6.61. The van der Waals surface area contributed by atoms with E-state index in [1.165, 1.54) is 0 Å². The fourth-order valence-corrected chi connectivity index (χ4v) is 5.45. The molecule has 2 rings (SSSR count). The minimum absolute atomic E-state index is 0.177. The van der Waals surface area contributed by atoms with Crippen molar-refractivity contribution in [2.45, 2.75) is 37.7 Å². The molecule has 1 fully saturated rings. The second-order valence-corrected chi connectivity index (χ2v) is 11.5. The van der Waals surface area contributed by atoms with E-state index in [9.17, 15) is 8.78 Å². The van der Waals surface area contributed by atoms with Crippen LogP contribution in [0.4, 0.5) is 8.78 Å². The van der Waals surface area contributed by atoms with Crippen molar-refractivity contribution in [1.82, 2.24) is 0 Å². The maximum absolute atomic E-state index is 13.6. The van der Waals surface area contributed by atoms with Gasteiger partial charge in [0.2, 0.25) is 0 Å². The van der Waals surface area contributed by atoms with Gasteiger partial charge in [-0.05, 0) is 5.56 Å². The third-order valence-corrected chi connectivity index (χ3v) is 6.20. The summed E-state index contributed by atoms with van der Waals surface area (Å²) < 4.78 is 32.7. The molecule has 1 aromatic carbocycles. The molecule has 0 radical (unpaired) electrons. The van der Waals surface area contributed by atoms with Crippen LogP contribution < -0.4 is 0 Å². The summed E-state index contributed by atoms with van der Waals surface area (Å²) in [7, 11) is -1.78. The van der Waals surface area contributed by atoms with Crippen molar-refractivity contribution in [3.05, 3.63) is 35.9 Å². The van der Waals surface area contributed by atoms with Crippen molar-refractivity contribution in [1.29, 1.82) is 0 Å². The van der Waals surface area contributed by atoms with Gasteiger partial charge in [-0.25, -0.2) is 8.78 Å². The summed E-state index contributed by atoms with van der Waals surface area (Å²) in [4.78, 5) is 0. The van der Waals surface area contributed by atoms with E-state index in [1.807, 2.05) is 50.0 Å². The summed E-state index contributed by atoms with van der Waals surface area (Å²) in [6.07, 6.45) is 0. The first kappa shape index (κ1) is 13.7. The monoisotopic (exact) mass is 270 g/mol. The molecule has 2 atom stereocenters. The van der Waals surface area contributed by atoms with Crippen LogP contribution in [0.25, 0.3) is 0 Å². The molecule has 0 heterocycles. The lowest BCUT2D eigenvalue weighted by atomic mass is 10.2. The van der Waals surface area contributed by atoms with Crippen LogP contribution in [-0.4, -0.2) is 20.6 Å². The van der Waals surface area contributed by atoms with Crippen molar-refractivity contribution < 1.29 is 13.5 Å². The first-order chi connectivity index (χ1) is 8.33. The Labute approximate surface area is 108 Å². The van der Waals surface area contributed by atoms with Gasteiger partial charge in [-0.3, -0.25) is 0 Å². The molecule has 1 aliphatic carbocycles. The summed E-state index contributed by atoms with van der Waals surface area (Å²) in [5.74, 6) is -3.06. The summed E-state index contributed by atoms with van der Waals surface area (Å²) in [5, 5.41) is 0. The van der Waals surface area contributed by atoms with Gasteiger partial charge in [0.25, 0.3) is 5.92 Å². The van der Waals surface area contributed by atoms with Crippen LogP contribution in [0.3, 0.4) is 0 Å². The third kappa shape index (κ3) is 2.80. The van der Waals surface area contributed by atoms with E-state index in [0.29, 0.717) is 6.61 Å². The Morgan fingerprint density at radius 1 is 1.17 bits per heavy atom. The van der Waals surface area contributed by atoms with Crippen LogP contribution >= 0.6 is 0 Å². The number of rotatable bonds is 5. The fraction of sp³-hybridized carbons (Fsp3) is 0.571. The highest BCUT2D eigenvalue weighted by molar-refractivity contribution is 6.78. The highest BCUT2D eigenvalue weighted by Gasteiger charge is 2.71. The number of hydrogen-bond donors (Lipinski definition) is 0. The molecule has 0 saturated heterocycles. The molecule has 0 unspecified atom stereocenters. The average Bonchev–Trinajstić information content (AvgIpc) is 2.82. The van der Waals surface area contributed by atoms with Crippen molar-refractivity contribution in [2.75, 3.05) is 6.61 Å². The zero-order valence-electron chi connectivity index (χ0n) is 11.1. The minimum Gasteiger partial charge on any atom is -0.376 e. The molecule has 18 heavy (non-hydrogen) atoms. The van der Waals surface area contributed by atoms with Crippen LogP contribution in [0.5, 0.6) is 0 Å². The molecule has 1 nitrogen and oxygen atoms in total. The van der Waals surface area contributed by atoms with Crippen LogP contribution in [-0.2, 0) is 11.3 Å². The lowest BCUT2D eigenvalue weighted by Crippen LogP contribution is -2.23. The van der Waals surface area contributed by atoms with E-state index in [0.717, 1.165) is 5.56 Å². The summed E-state index contributed by atoms with van der Waals surface area (Å²) in [5.41, 5.74) is 0.617. The molecule has 0 spiro atoms. The molecule has 1 aromatic rings. The van der Waals surface area contributed by atoms with Crippen LogP contribution in [0, 0.1) is 5.92 Å². The normalized spacial score (nSPS) is 26.1. The zero-order valence-corrected chi connectivity index (χ0v) is 12.1. The first-order valence-corrected chi connectivity index (χ1v) is 9.90. The molecule has 1 saturated carbocycles. The summed E-state index contributed by atoms with van der Waals surface area (Å²) >= 11 is 0. The topological polar surface area (TPSA) is 9.23 Å². The zero-order chi connectivity index (χ0) is 13.4. The number of alkyl halides is 2. The molecule has 100 valence electrons. The quantitative estimate of drug-likeness (QED) is 0.729. The SMILES string of the molecule is C[Si](C)(C)[C@H]1[C@@H](COCc2ccccc2)C1(F)F. The number of halogens is 2. The Hall–Kier alpha value is -0.743. The van der Waals surface area contributed by atoms with Crippen molar-refractivity contribution in [3.63, 3.8) is 0 Å². The lowest BCUT2D eigenvalue weighted by molar-refractivity contribution is 0.0490. The van der Waals surface area contributed by atoms with E-state index >= 15 is 0 Å². The van der Waals surface area contributed by atoms with Gasteiger partial charge in [0.15, 0.2) is 0 Å². The fourth-order valence-electron chi connectivity index (χ4n) is 2.66. The number of ether oxygens (including phenoxy) is 1. The van der Waals surface area contributed by atoms with E-state index in [1.54, 1.807) is 0 Å². The standard InChI is InChI=1S/C14H20F2OSi/c1-18(2,3)13-12(14(13,15)16)10-17-9-11-7-5-4-6-8-11/h4-8,12-13H,9-10H2,1-3H3/t12-,13+/m1/s1. The Morgan fingerprint density at radius 2 is 1.78 bits per heavy atom. The Balaban J connectivity index is 1.82. The third-order valence-electron chi connectivity index (χ3n) is 3.54. The highest BCUT2D eigenvalue weighted by atomic mass is 28.3. The predicted molar refractivity (Wildman–Crippen MR) is 71.6 cm³/mol. The second-order valence-electron chi connectivity index (χ2n) is 6.13. The molecule has 1 aliphatic rings. The Kier molecular flexibility index (Phi) is 3.60. The molecular weight excluding hydrogens is 250 g/mol. The van der Waals surface area contributed by atoms with E-state index in [4.69, 9.17) is 4.74 Å². The van der Waals surface area contributed by atoms with Gasteiger partial charge in [-0.2, -0.15) is 0 Å². The maximum Gasteiger partial charge on any atom is 0.254 e. The van der Waals surface area contributed by atoms with Crippen LogP contribution in [0.1, 0.15) is 5.56 Å². The van der Waals surface area contributed by atoms with Crippen LogP contribution in [0.15, 0.2) is 30.3 Å². The highest BCUT2D eigenvalue weighted by Crippen LogP contribution is 2.64. The average molecular weight is 270 g/mol. The van der Waals surface area contributed by atoms with Gasteiger partial charge in [0, 0.05) is 5.54 Å². The van der Waals surface area contributed by atoms with E-state index < -0.39 is 25.5 Å². The maximum atomic E-state index is 13.6. The van der Waals surface area contributed by atoms with Crippen molar-refractivity contribution >= 4 is 8.07 Å². The largest absolute Gasteiger partial charge is 0.376 e. The number of hydrogen-bond acceptors (Lipinski definition) is 1. The molecular formula is C14H20F2OSi. The smallest absolute Gasteiger partial charge is 0.254 e. The van der Waals surface area contributed by atoms with Gasteiger partial charge < -0.3 is 4.74 Å². The van der Waals surface area contributed by atoms with Gasteiger partial charge in [-0.15, -0.1) is 0 Å². The molecule has 0 N–H and O–H groups in total. The van der Waals surface area contributed by atoms with Gasteiger partial charge in [0.1, 0.15) is 0 Å². The predicted octanol–water partition coefficient (Wildman–Crippen LogP) is 4.18. The Morgan fingerprint density at radius 3 is 2.28 bits per heavy atom. The van der Waals surface area contributed by atoms with Gasteiger partial charge in [0.05, 0.1) is 27.2 Å². The van der Waals surface area contributed by atoms with Gasteiger partial charge in [-0.1, -0.05) is 50.0 Å². The lowest BCUT2D eigenvalue weighted by Gasteiger charge is -2.14. The molecule has 0 aliphatic heterocycles. The molecule has 0 amide bonds. The van der Waals surface area contributed by atoms with Crippen molar-refractivity contribution in [2.24, 2.45) is 5.92 Å². The van der Waals surface area contributed by atoms with Crippen LogP contribution in [0.2, 0.25) is 25.2 Å². The minimum atomic E-state index is -2.50. The Bertz CT molecular complexity index is 400. The second kappa shape index (κ2) is 4.74. The van der Waals surface area contributed by atoms with Gasteiger partial charge >= 0.3 is 0 Å². The van der Waals surface area contributed by atoms with Crippen molar-refractivity contribution in [3.8, 4) is 0 Å². The molecule has 0 aromatic heterocycles.